The molecule has 3 rings (SSSR count). The number of carbonyl (C=O) groups excluding carboxylic acids is 1. The number of likely N-dealkylation sites (N-methyl/N-ethyl adjacent to an activating group) is 1. The number of hydrogen-bond donors (Lipinski definition) is 4. The second kappa shape index (κ2) is 8.30. The van der Waals surface area contributed by atoms with E-state index in [1.807, 2.05) is 44.2 Å². The number of ether oxygens (including phenoxy) is 1. The van der Waals surface area contributed by atoms with Crippen LogP contribution in [0.2, 0.25) is 5.02 Å². The van der Waals surface area contributed by atoms with Crippen LogP contribution in [0.4, 0.5) is 16.2 Å². The Kier molecular flexibility index (Phi) is 6.09. The molecule has 0 spiro atoms. The zero-order valence-electron chi connectivity index (χ0n) is 18.3. The number of carbonyl (C=O) groups is 2. The third-order valence-electron chi connectivity index (χ3n) is 5.53. The lowest BCUT2D eigenvalue weighted by molar-refractivity contribution is -0.123. The highest BCUT2D eigenvalue weighted by atomic mass is 35.5. The number of hydrogen-bond acceptors (Lipinski definition) is 5. The molecule has 166 valence electrons. The number of fused-ring (bicyclic) bond motifs is 1. The molecule has 0 bridgehead atoms. The van der Waals surface area contributed by atoms with Gasteiger partial charge in [0.05, 0.1) is 11.7 Å². The summed E-state index contributed by atoms with van der Waals surface area (Å²) in [6, 6.07) is 11.1. The number of carboxylic acid groups (broad SMARTS) is 1. The number of amides is 1. The number of nitrogens with one attached hydrogen (secondary N) is 3. The fourth-order valence-electron chi connectivity index (χ4n) is 4.11. The zero-order chi connectivity index (χ0) is 23.0. The first-order valence-corrected chi connectivity index (χ1v) is 10.4. The van der Waals surface area contributed by atoms with E-state index in [-0.39, 0.29) is 23.1 Å². The fourth-order valence-corrected chi connectivity index (χ4v) is 4.34. The lowest BCUT2D eigenvalue weighted by Gasteiger charge is -2.42. The predicted molar refractivity (Wildman–Crippen MR) is 122 cm³/mol. The van der Waals surface area contributed by atoms with Crippen molar-refractivity contribution in [1.82, 2.24) is 5.32 Å². The summed E-state index contributed by atoms with van der Waals surface area (Å²) in [5.41, 5.74) is 2.36. The average Bonchev–Trinajstić information content (AvgIpc) is 2.65. The van der Waals surface area contributed by atoms with E-state index in [1.54, 1.807) is 7.05 Å². The first kappa shape index (κ1) is 22.7. The van der Waals surface area contributed by atoms with Crippen molar-refractivity contribution in [3.8, 4) is 5.75 Å². The summed E-state index contributed by atoms with van der Waals surface area (Å²) in [6.45, 7) is 7.91. The number of rotatable bonds is 5. The lowest BCUT2D eigenvalue weighted by atomic mass is 9.73. The van der Waals surface area contributed by atoms with E-state index in [9.17, 15) is 9.59 Å². The van der Waals surface area contributed by atoms with Gasteiger partial charge in [-0.15, -0.1) is 0 Å². The Morgan fingerprint density at radius 1 is 1.26 bits per heavy atom. The summed E-state index contributed by atoms with van der Waals surface area (Å²) >= 11 is 6.19. The minimum absolute atomic E-state index is 0.115. The quantitative estimate of drug-likeness (QED) is 0.379. The topological polar surface area (TPSA) is 99.7 Å². The Bertz CT molecular complexity index is 1020. The summed E-state index contributed by atoms with van der Waals surface area (Å²) in [5.74, 6) is 0.0702. The lowest BCUT2D eigenvalue weighted by Crippen LogP contribution is -2.46. The van der Waals surface area contributed by atoms with Crippen LogP contribution >= 0.6 is 11.6 Å². The SMILES string of the molecule is CNC(=O)C(C)(C)Nc1cccc(C2Nc3c(cc(Cl)cc3OC(=O)O)CC2(C)C)c1. The van der Waals surface area contributed by atoms with E-state index < -0.39 is 11.7 Å². The first-order chi connectivity index (χ1) is 14.4. The van der Waals surface area contributed by atoms with E-state index in [4.69, 9.17) is 21.4 Å². The van der Waals surface area contributed by atoms with Gasteiger partial charge in [0, 0.05) is 23.8 Å². The highest BCUT2D eigenvalue weighted by Gasteiger charge is 2.38. The van der Waals surface area contributed by atoms with E-state index in [0.29, 0.717) is 17.1 Å². The van der Waals surface area contributed by atoms with Crippen molar-refractivity contribution in [3.63, 3.8) is 0 Å². The van der Waals surface area contributed by atoms with Crippen LogP contribution in [0.3, 0.4) is 0 Å². The van der Waals surface area contributed by atoms with Gasteiger partial charge in [-0.3, -0.25) is 4.79 Å². The first-order valence-electron chi connectivity index (χ1n) is 10.0. The van der Waals surface area contributed by atoms with Crippen molar-refractivity contribution >= 4 is 35.0 Å². The molecule has 1 atom stereocenters. The molecule has 1 heterocycles. The third kappa shape index (κ3) is 4.88. The molecule has 0 saturated heterocycles. The Balaban J connectivity index is 1.97. The van der Waals surface area contributed by atoms with Gasteiger partial charge in [-0.1, -0.05) is 37.6 Å². The van der Waals surface area contributed by atoms with Crippen LogP contribution in [0.5, 0.6) is 5.75 Å². The molecule has 1 aliphatic heterocycles. The van der Waals surface area contributed by atoms with Gasteiger partial charge in [0.25, 0.3) is 0 Å². The normalized spacial score (nSPS) is 17.2. The van der Waals surface area contributed by atoms with Crippen LogP contribution in [0, 0.1) is 5.41 Å². The monoisotopic (exact) mass is 445 g/mol. The predicted octanol–water partition coefficient (Wildman–Crippen LogP) is 5.07. The Hall–Kier alpha value is -2.93. The minimum Gasteiger partial charge on any atom is -0.449 e. The largest absolute Gasteiger partial charge is 0.511 e. The van der Waals surface area contributed by atoms with E-state index >= 15 is 0 Å². The molecular formula is C23H28ClN3O4. The Labute approximate surface area is 187 Å². The van der Waals surface area contributed by atoms with E-state index in [0.717, 1.165) is 16.8 Å². The molecule has 1 aliphatic rings. The molecule has 7 nitrogen and oxygen atoms in total. The molecule has 4 N–H and O–H groups in total. The van der Waals surface area contributed by atoms with Gasteiger partial charge in [0.2, 0.25) is 5.91 Å². The molecule has 0 fully saturated rings. The van der Waals surface area contributed by atoms with Gasteiger partial charge >= 0.3 is 6.16 Å². The molecule has 1 unspecified atom stereocenters. The van der Waals surface area contributed by atoms with Gasteiger partial charge < -0.3 is 25.8 Å². The summed E-state index contributed by atoms with van der Waals surface area (Å²) < 4.78 is 4.99. The van der Waals surface area contributed by atoms with Gasteiger partial charge in [-0.2, -0.15) is 0 Å². The highest BCUT2D eigenvalue weighted by molar-refractivity contribution is 6.31. The van der Waals surface area contributed by atoms with Crippen LogP contribution in [-0.4, -0.2) is 29.8 Å². The molecule has 0 aromatic heterocycles. The summed E-state index contributed by atoms with van der Waals surface area (Å²) in [6.07, 6.45) is -0.715. The number of halogens is 1. The van der Waals surface area contributed by atoms with Crippen molar-refractivity contribution in [2.75, 3.05) is 17.7 Å². The maximum atomic E-state index is 12.2. The van der Waals surface area contributed by atoms with Crippen molar-refractivity contribution in [2.24, 2.45) is 5.41 Å². The second-order valence-electron chi connectivity index (χ2n) is 9.00. The molecule has 0 radical (unpaired) electrons. The molecule has 8 heteroatoms. The van der Waals surface area contributed by atoms with Crippen molar-refractivity contribution in [1.29, 1.82) is 0 Å². The third-order valence-corrected chi connectivity index (χ3v) is 5.75. The Morgan fingerprint density at radius 2 is 1.97 bits per heavy atom. The molecule has 0 aliphatic carbocycles. The standard InChI is InChI=1S/C23H28ClN3O4/c1-22(2)12-14-9-15(24)11-17(31-21(29)30)18(14)26-19(22)13-7-6-8-16(10-13)27-23(3,4)20(28)25-5/h6-11,19,26-27H,12H2,1-5H3,(H,25,28)(H,29,30). The summed E-state index contributed by atoms with van der Waals surface area (Å²) in [5, 5.41) is 19.0. The zero-order valence-corrected chi connectivity index (χ0v) is 19.1. The molecule has 31 heavy (non-hydrogen) atoms. The maximum absolute atomic E-state index is 12.2. The summed E-state index contributed by atoms with van der Waals surface area (Å²) in [4.78, 5) is 23.3. The molecule has 2 aromatic carbocycles. The van der Waals surface area contributed by atoms with Crippen LogP contribution < -0.4 is 20.7 Å². The van der Waals surface area contributed by atoms with Crippen LogP contribution in [0.25, 0.3) is 0 Å². The van der Waals surface area contributed by atoms with Crippen molar-refractivity contribution < 1.29 is 19.4 Å². The second-order valence-corrected chi connectivity index (χ2v) is 9.44. The van der Waals surface area contributed by atoms with Gasteiger partial charge in [0.15, 0.2) is 5.75 Å². The molecule has 0 saturated carbocycles. The minimum atomic E-state index is -1.39. The molecule has 2 aromatic rings. The van der Waals surface area contributed by atoms with E-state index in [2.05, 4.69) is 29.8 Å². The van der Waals surface area contributed by atoms with Crippen LogP contribution in [0.1, 0.15) is 44.9 Å². The van der Waals surface area contributed by atoms with Crippen LogP contribution in [-0.2, 0) is 11.2 Å². The highest BCUT2D eigenvalue weighted by Crippen LogP contribution is 2.49. The average molecular weight is 446 g/mol. The number of anilines is 2. The molecular weight excluding hydrogens is 418 g/mol. The van der Waals surface area contributed by atoms with E-state index in [1.165, 1.54) is 6.07 Å². The number of benzene rings is 2. The van der Waals surface area contributed by atoms with Crippen LogP contribution in [0.15, 0.2) is 36.4 Å². The van der Waals surface area contributed by atoms with Gasteiger partial charge in [-0.05, 0) is 55.0 Å². The Morgan fingerprint density at radius 3 is 2.61 bits per heavy atom. The fraction of sp³-hybridized carbons (Fsp3) is 0.391. The molecule has 1 amide bonds. The van der Waals surface area contributed by atoms with Crippen molar-refractivity contribution in [2.45, 2.75) is 45.7 Å². The van der Waals surface area contributed by atoms with Gasteiger partial charge in [0.1, 0.15) is 5.54 Å². The van der Waals surface area contributed by atoms with Crippen molar-refractivity contribution in [3.05, 3.63) is 52.5 Å². The smallest absolute Gasteiger partial charge is 0.449 e. The maximum Gasteiger partial charge on any atom is 0.511 e. The van der Waals surface area contributed by atoms with Gasteiger partial charge in [-0.25, -0.2) is 4.79 Å². The summed E-state index contributed by atoms with van der Waals surface area (Å²) in [7, 11) is 1.61.